The Balaban J connectivity index is 1.83. The van der Waals surface area contributed by atoms with E-state index in [1.807, 2.05) is 19.1 Å². The van der Waals surface area contributed by atoms with Crippen molar-refractivity contribution in [3.8, 4) is 0 Å². The summed E-state index contributed by atoms with van der Waals surface area (Å²) < 4.78 is 5.02. The van der Waals surface area contributed by atoms with Gasteiger partial charge in [-0.3, -0.25) is 0 Å². The van der Waals surface area contributed by atoms with Crippen LogP contribution >= 0.6 is 0 Å². The van der Waals surface area contributed by atoms with E-state index in [1.54, 1.807) is 37.4 Å². The summed E-state index contributed by atoms with van der Waals surface area (Å²) in [5, 5.41) is 6.22. The Morgan fingerprint density at radius 3 is 2.59 bits per heavy atom. The van der Waals surface area contributed by atoms with Gasteiger partial charge in [-0.05, 0) is 43.7 Å². The fourth-order valence-corrected chi connectivity index (χ4v) is 2.40. The number of carbonyl (C=O) groups is 1. The van der Waals surface area contributed by atoms with Crippen LogP contribution in [0.25, 0.3) is 0 Å². The molecular formula is C19H20N6O2. The molecule has 2 aromatic heterocycles. The van der Waals surface area contributed by atoms with Gasteiger partial charge in [-0.2, -0.15) is 0 Å². The molecule has 0 saturated heterocycles. The second kappa shape index (κ2) is 8.13. The zero-order valence-electron chi connectivity index (χ0n) is 15.1. The van der Waals surface area contributed by atoms with Gasteiger partial charge in [-0.25, -0.2) is 19.7 Å². The van der Waals surface area contributed by atoms with E-state index in [9.17, 15) is 4.79 Å². The summed E-state index contributed by atoms with van der Waals surface area (Å²) in [6.07, 6.45) is 3.08. The number of hydrogen-bond acceptors (Lipinski definition) is 8. The molecule has 3 rings (SSSR count). The molecule has 3 aromatic rings. The Kier molecular flexibility index (Phi) is 5.46. The third-order valence-corrected chi connectivity index (χ3v) is 3.77. The van der Waals surface area contributed by atoms with Crippen molar-refractivity contribution in [2.24, 2.45) is 0 Å². The number of nitrogens with one attached hydrogen (secondary N) is 2. The summed E-state index contributed by atoms with van der Waals surface area (Å²) in [5.74, 6) is 1.14. The third kappa shape index (κ3) is 4.30. The first-order valence-corrected chi connectivity index (χ1v) is 8.41. The number of carbonyl (C=O) groups excluding carboxylic acids is 1. The van der Waals surface area contributed by atoms with Gasteiger partial charge < -0.3 is 21.1 Å². The number of rotatable bonds is 6. The number of nitrogens with zero attached hydrogens (tertiary/aromatic N) is 3. The monoisotopic (exact) mass is 364 g/mol. The summed E-state index contributed by atoms with van der Waals surface area (Å²) in [7, 11) is 0. The van der Waals surface area contributed by atoms with Gasteiger partial charge in [-0.15, -0.1) is 0 Å². The molecule has 8 nitrogen and oxygen atoms in total. The lowest BCUT2D eigenvalue weighted by atomic mass is 10.2. The Hall–Kier alpha value is -3.68. The molecule has 0 saturated carbocycles. The van der Waals surface area contributed by atoms with Gasteiger partial charge in [-0.1, -0.05) is 12.1 Å². The summed E-state index contributed by atoms with van der Waals surface area (Å²) in [4.78, 5) is 24.5. The zero-order chi connectivity index (χ0) is 19.2. The molecular weight excluding hydrogens is 344 g/mol. The molecule has 0 spiro atoms. The van der Waals surface area contributed by atoms with Crippen LogP contribution in [0.2, 0.25) is 0 Å². The van der Waals surface area contributed by atoms with E-state index in [0.29, 0.717) is 41.0 Å². The molecule has 0 aliphatic carbocycles. The minimum atomic E-state index is -0.384. The van der Waals surface area contributed by atoms with E-state index in [4.69, 9.17) is 10.5 Å². The molecule has 138 valence electrons. The van der Waals surface area contributed by atoms with E-state index in [2.05, 4.69) is 25.6 Å². The van der Waals surface area contributed by atoms with Crippen LogP contribution in [-0.4, -0.2) is 27.5 Å². The maximum atomic E-state index is 11.9. The van der Waals surface area contributed by atoms with Crippen LogP contribution in [0, 0.1) is 6.92 Å². The molecule has 8 heteroatoms. The highest BCUT2D eigenvalue weighted by atomic mass is 16.5. The van der Waals surface area contributed by atoms with Gasteiger partial charge in [0.05, 0.1) is 12.2 Å². The SMILES string of the molecule is CCOC(=O)c1cccc(Nc2ncnc(Nc3ncccc3C)c2N)c1. The van der Waals surface area contributed by atoms with Gasteiger partial charge >= 0.3 is 5.97 Å². The van der Waals surface area contributed by atoms with Crippen molar-refractivity contribution in [2.45, 2.75) is 13.8 Å². The smallest absolute Gasteiger partial charge is 0.338 e. The second-order valence-electron chi connectivity index (χ2n) is 5.70. The Morgan fingerprint density at radius 2 is 1.85 bits per heavy atom. The van der Waals surface area contributed by atoms with Crippen molar-refractivity contribution in [1.29, 1.82) is 0 Å². The first-order valence-electron chi connectivity index (χ1n) is 8.41. The molecule has 0 bridgehead atoms. The van der Waals surface area contributed by atoms with Crippen molar-refractivity contribution < 1.29 is 9.53 Å². The molecule has 2 heterocycles. The molecule has 0 amide bonds. The minimum Gasteiger partial charge on any atom is -0.462 e. The first-order chi connectivity index (χ1) is 13.1. The van der Waals surface area contributed by atoms with E-state index in [-0.39, 0.29) is 5.97 Å². The molecule has 0 aliphatic rings. The summed E-state index contributed by atoms with van der Waals surface area (Å²) in [5.41, 5.74) is 8.61. The van der Waals surface area contributed by atoms with Gasteiger partial charge in [0.2, 0.25) is 0 Å². The van der Waals surface area contributed by atoms with Crippen molar-refractivity contribution in [2.75, 3.05) is 23.0 Å². The highest BCUT2D eigenvalue weighted by molar-refractivity contribution is 5.91. The topological polar surface area (TPSA) is 115 Å². The highest BCUT2D eigenvalue weighted by Gasteiger charge is 2.12. The van der Waals surface area contributed by atoms with Gasteiger partial charge in [0.25, 0.3) is 0 Å². The summed E-state index contributed by atoms with van der Waals surface area (Å²) >= 11 is 0. The Morgan fingerprint density at radius 1 is 1.07 bits per heavy atom. The van der Waals surface area contributed by atoms with Crippen LogP contribution in [0.1, 0.15) is 22.8 Å². The van der Waals surface area contributed by atoms with E-state index < -0.39 is 0 Å². The number of anilines is 5. The Labute approximate surface area is 156 Å². The van der Waals surface area contributed by atoms with Crippen LogP contribution in [0.4, 0.5) is 28.8 Å². The molecule has 0 radical (unpaired) electrons. The van der Waals surface area contributed by atoms with Crippen molar-refractivity contribution >= 4 is 34.8 Å². The number of hydrogen-bond donors (Lipinski definition) is 3. The molecule has 4 N–H and O–H groups in total. The lowest BCUT2D eigenvalue weighted by Gasteiger charge is -2.13. The molecule has 0 atom stereocenters. The quantitative estimate of drug-likeness (QED) is 0.570. The van der Waals surface area contributed by atoms with Crippen molar-refractivity contribution in [3.63, 3.8) is 0 Å². The van der Waals surface area contributed by atoms with E-state index in [0.717, 1.165) is 5.56 Å². The molecule has 0 unspecified atom stereocenters. The predicted molar refractivity (Wildman–Crippen MR) is 104 cm³/mol. The number of esters is 1. The first kappa shape index (κ1) is 18.1. The average molecular weight is 364 g/mol. The lowest BCUT2D eigenvalue weighted by Crippen LogP contribution is -2.07. The number of ether oxygens (including phenoxy) is 1. The van der Waals surface area contributed by atoms with Crippen LogP contribution in [0.5, 0.6) is 0 Å². The number of pyridine rings is 1. The standard InChI is InChI=1S/C19H20N6O2/c1-3-27-19(26)13-7-4-8-14(10-13)24-17-15(20)18(23-11-22-17)25-16-12(2)6-5-9-21-16/h4-11H,3,20H2,1-2H3,(H2,21,22,23,24,25). The Bertz CT molecular complexity index is 960. The maximum absolute atomic E-state index is 11.9. The number of aryl methyl sites for hydroxylation is 1. The van der Waals surface area contributed by atoms with E-state index in [1.165, 1.54) is 6.33 Å². The summed E-state index contributed by atoms with van der Waals surface area (Å²) in [6.45, 7) is 4.02. The number of aromatic nitrogens is 3. The molecule has 1 aromatic carbocycles. The van der Waals surface area contributed by atoms with Crippen LogP contribution < -0.4 is 16.4 Å². The summed E-state index contributed by atoms with van der Waals surface area (Å²) in [6, 6.07) is 10.7. The fraction of sp³-hybridized carbons (Fsp3) is 0.158. The van der Waals surface area contributed by atoms with Gasteiger partial charge in [0.15, 0.2) is 11.6 Å². The highest BCUT2D eigenvalue weighted by Crippen LogP contribution is 2.28. The van der Waals surface area contributed by atoms with Crippen molar-refractivity contribution in [1.82, 2.24) is 15.0 Å². The van der Waals surface area contributed by atoms with E-state index >= 15 is 0 Å². The fourth-order valence-electron chi connectivity index (χ4n) is 2.40. The average Bonchev–Trinajstić information content (AvgIpc) is 2.67. The number of benzene rings is 1. The lowest BCUT2D eigenvalue weighted by molar-refractivity contribution is 0.0526. The van der Waals surface area contributed by atoms with Gasteiger partial charge in [0, 0.05) is 11.9 Å². The van der Waals surface area contributed by atoms with Gasteiger partial charge in [0.1, 0.15) is 17.8 Å². The number of nitrogen functional groups attached to an aromatic ring is 1. The second-order valence-corrected chi connectivity index (χ2v) is 5.70. The zero-order valence-corrected chi connectivity index (χ0v) is 15.1. The largest absolute Gasteiger partial charge is 0.462 e. The maximum Gasteiger partial charge on any atom is 0.338 e. The molecule has 0 fully saturated rings. The van der Waals surface area contributed by atoms with Crippen LogP contribution in [-0.2, 0) is 4.74 Å². The van der Waals surface area contributed by atoms with Crippen molar-refractivity contribution in [3.05, 3.63) is 60.0 Å². The molecule has 0 aliphatic heterocycles. The van der Waals surface area contributed by atoms with Crippen LogP contribution in [0.15, 0.2) is 48.9 Å². The van der Waals surface area contributed by atoms with Crippen LogP contribution in [0.3, 0.4) is 0 Å². The number of nitrogens with two attached hydrogens (primary N) is 1. The normalized spacial score (nSPS) is 10.3. The third-order valence-electron chi connectivity index (χ3n) is 3.77. The predicted octanol–water partition coefficient (Wildman–Crippen LogP) is 3.43. The minimum absolute atomic E-state index is 0.317. The molecule has 27 heavy (non-hydrogen) atoms.